The second-order valence-corrected chi connectivity index (χ2v) is 4.97. The highest BCUT2D eigenvalue weighted by Crippen LogP contribution is 2.33. The van der Waals surface area contributed by atoms with Crippen LogP contribution in [-0.4, -0.2) is 24.2 Å². The first kappa shape index (κ1) is 17.2. The third-order valence-corrected chi connectivity index (χ3v) is 3.18. The quantitative estimate of drug-likeness (QED) is 0.504. The van der Waals surface area contributed by atoms with Crippen LogP contribution in [0.3, 0.4) is 0 Å². The molecule has 0 spiro atoms. The molecule has 0 aliphatic carbocycles. The van der Waals surface area contributed by atoms with Gasteiger partial charge in [-0.2, -0.15) is 5.10 Å². The highest BCUT2D eigenvalue weighted by molar-refractivity contribution is 6.30. The molecule has 0 unspecified atom stereocenters. The minimum atomic E-state index is -0.831. The lowest BCUT2D eigenvalue weighted by Crippen LogP contribution is -2.17. The number of hydrogen-bond donors (Lipinski definition) is 1. The van der Waals surface area contributed by atoms with Crippen molar-refractivity contribution in [1.29, 1.82) is 0 Å². The van der Waals surface area contributed by atoms with Crippen molar-refractivity contribution < 1.29 is 19.6 Å². The number of rotatable bonds is 5. The third-order valence-electron chi connectivity index (χ3n) is 2.94. The molecule has 0 aliphatic heterocycles. The molecule has 0 radical (unpaired) electrons. The summed E-state index contributed by atoms with van der Waals surface area (Å²) in [5.74, 6) is -1.52. The Bertz CT molecular complexity index is 823. The zero-order valence-electron chi connectivity index (χ0n) is 12.4. The van der Waals surface area contributed by atoms with E-state index in [-0.39, 0.29) is 11.3 Å². The average molecular weight is 349 g/mol. The summed E-state index contributed by atoms with van der Waals surface area (Å²) in [6, 6.07) is 8.58. The molecule has 1 N–H and O–H groups in total. The number of hydrazone groups is 1. The molecule has 0 bridgehead atoms. The molecule has 124 valence electrons. The van der Waals surface area contributed by atoms with Crippen LogP contribution in [0, 0.1) is 10.1 Å². The molecule has 2 aromatic carbocycles. The molecule has 1 amide bonds. The predicted molar refractivity (Wildman–Crippen MR) is 85.6 cm³/mol. The highest BCUT2D eigenvalue weighted by Gasteiger charge is 2.13. The van der Waals surface area contributed by atoms with E-state index in [2.05, 4.69) is 10.5 Å². The van der Waals surface area contributed by atoms with Gasteiger partial charge in [0.15, 0.2) is 0 Å². The molecule has 9 heteroatoms. The number of carbonyl (C=O) groups excluding carboxylic acids is 1. The van der Waals surface area contributed by atoms with Gasteiger partial charge in [0.2, 0.25) is 0 Å². The molecule has 0 atom stereocenters. The van der Waals surface area contributed by atoms with E-state index in [1.807, 2.05) is 0 Å². The fraction of sp³-hybridized carbons (Fsp3) is 0.0667. The Balaban J connectivity index is 2.18. The van der Waals surface area contributed by atoms with Crippen LogP contribution in [0.2, 0.25) is 5.02 Å². The number of methoxy groups -OCH3 is 1. The van der Waals surface area contributed by atoms with Gasteiger partial charge < -0.3 is 9.84 Å². The summed E-state index contributed by atoms with van der Waals surface area (Å²) < 4.78 is 4.81. The smallest absolute Gasteiger partial charge is 0.271 e. The molecule has 0 saturated heterocycles. The Morgan fingerprint density at radius 1 is 1.38 bits per heavy atom. The summed E-state index contributed by atoms with van der Waals surface area (Å²) in [7, 11) is 1.22. The first-order chi connectivity index (χ1) is 11.4. The van der Waals surface area contributed by atoms with Crippen LogP contribution in [0.25, 0.3) is 0 Å². The average Bonchev–Trinajstić information content (AvgIpc) is 2.55. The lowest BCUT2D eigenvalue weighted by atomic mass is 10.2. The van der Waals surface area contributed by atoms with Gasteiger partial charge >= 0.3 is 0 Å². The van der Waals surface area contributed by atoms with Gasteiger partial charge in [0.25, 0.3) is 11.6 Å². The molecule has 2 rings (SSSR count). The molecule has 24 heavy (non-hydrogen) atoms. The molecular weight excluding hydrogens is 338 g/mol. The predicted octanol–water partition coefficient (Wildman–Crippen LogP) is 2.09. The van der Waals surface area contributed by atoms with Gasteiger partial charge in [-0.25, -0.2) is 5.43 Å². The number of hydrogen-bond acceptors (Lipinski definition) is 6. The maximum atomic E-state index is 11.9. The summed E-state index contributed by atoms with van der Waals surface area (Å²) in [6.45, 7) is 0. The number of carbonyl (C=O) groups is 1. The van der Waals surface area contributed by atoms with Crippen molar-refractivity contribution in [3.63, 3.8) is 0 Å². The monoisotopic (exact) mass is 348 g/mol. The second kappa shape index (κ2) is 7.42. The van der Waals surface area contributed by atoms with Crippen molar-refractivity contribution in [3.8, 4) is 11.5 Å². The van der Waals surface area contributed by atoms with Crippen molar-refractivity contribution in [2.75, 3.05) is 7.11 Å². The number of amides is 1. The maximum Gasteiger partial charge on any atom is 0.271 e. The fourth-order valence-corrected chi connectivity index (χ4v) is 2.02. The number of benzene rings is 2. The van der Waals surface area contributed by atoms with E-state index in [0.29, 0.717) is 10.6 Å². The van der Waals surface area contributed by atoms with Crippen LogP contribution >= 0.6 is 11.6 Å². The molecule has 2 aromatic rings. The summed E-state index contributed by atoms with van der Waals surface area (Å²) in [4.78, 5) is 21.9. The number of nitrogens with one attached hydrogen (secondary N) is 1. The van der Waals surface area contributed by atoms with E-state index >= 15 is 0 Å². The van der Waals surface area contributed by atoms with E-state index in [1.165, 1.54) is 19.2 Å². The number of nitrogens with zero attached hydrogens (tertiary/aromatic N) is 2. The fourth-order valence-electron chi connectivity index (χ4n) is 1.83. The van der Waals surface area contributed by atoms with Crippen molar-refractivity contribution in [2.24, 2.45) is 5.10 Å². The minimum Gasteiger partial charge on any atom is -0.865 e. The Morgan fingerprint density at radius 3 is 2.75 bits per heavy atom. The molecule has 0 aliphatic rings. The summed E-state index contributed by atoms with van der Waals surface area (Å²) in [5.41, 5.74) is 2.15. The number of nitro benzene ring substituents is 1. The lowest BCUT2D eigenvalue weighted by Gasteiger charge is -2.12. The van der Waals surface area contributed by atoms with Gasteiger partial charge in [-0.1, -0.05) is 17.7 Å². The molecule has 8 nitrogen and oxygen atoms in total. The lowest BCUT2D eigenvalue weighted by molar-refractivity contribution is -0.398. The topological polar surface area (TPSA) is 117 Å². The Morgan fingerprint density at radius 2 is 2.12 bits per heavy atom. The largest absolute Gasteiger partial charge is 0.865 e. The zero-order valence-corrected chi connectivity index (χ0v) is 13.1. The molecular formula is C15H11ClN3O5-. The van der Waals surface area contributed by atoms with Gasteiger partial charge in [-0.3, -0.25) is 14.9 Å². The van der Waals surface area contributed by atoms with Crippen LogP contribution in [0.5, 0.6) is 11.5 Å². The normalized spacial score (nSPS) is 10.6. The first-order valence-corrected chi connectivity index (χ1v) is 6.92. The van der Waals surface area contributed by atoms with Gasteiger partial charge in [-0.15, -0.1) is 0 Å². The summed E-state index contributed by atoms with van der Waals surface area (Å²) in [5, 5.41) is 26.7. The SMILES string of the molecule is COc1cc(/C=N\NC(=O)c2cccc(Cl)c2)cc([N+](=O)[O-])c1[O-]. The van der Waals surface area contributed by atoms with Gasteiger partial charge in [0.05, 0.1) is 18.2 Å². The van der Waals surface area contributed by atoms with Gasteiger partial charge in [0, 0.05) is 28.0 Å². The van der Waals surface area contributed by atoms with Crippen molar-refractivity contribution in [2.45, 2.75) is 0 Å². The molecule has 0 fully saturated rings. The van der Waals surface area contributed by atoms with Crippen LogP contribution < -0.4 is 15.3 Å². The molecule has 0 saturated carbocycles. The number of ether oxygens (including phenoxy) is 1. The summed E-state index contributed by atoms with van der Waals surface area (Å²) >= 11 is 5.79. The van der Waals surface area contributed by atoms with Crippen LogP contribution in [-0.2, 0) is 0 Å². The maximum absolute atomic E-state index is 11.9. The summed E-state index contributed by atoms with van der Waals surface area (Å²) in [6.07, 6.45) is 1.16. The zero-order chi connectivity index (χ0) is 17.7. The minimum absolute atomic E-state index is 0.188. The standard InChI is InChI=1S/C15H12ClN3O5/c1-24-13-6-9(5-12(14(13)20)19(22)23)8-17-18-15(21)10-3-2-4-11(16)7-10/h2-8,20H,1H3,(H,18,21)/p-1/b17-8-. The number of halogens is 1. The van der Waals surface area contributed by atoms with E-state index in [9.17, 15) is 20.0 Å². The van der Waals surface area contributed by atoms with Crippen LogP contribution in [0.1, 0.15) is 15.9 Å². The Hall–Kier alpha value is -3.13. The van der Waals surface area contributed by atoms with Crippen molar-refractivity contribution in [1.82, 2.24) is 5.43 Å². The van der Waals surface area contributed by atoms with E-state index < -0.39 is 22.3 Å². The Kier molecular flexibility index (Phi) is 5.33. The Labute approximate surface area is 141 Å². The van der Waals surface area contributed by atoms with Gasteiger partial charge in [-0.05, 0) is 24.3 Å². The molecule has 0 aromatic heterocycles. The van der Waals surface area contributed by atoms with Crippen molar-refractivity contribution >= 4 is 29.4 Å². The first-order valence-electron chi connectivity index (χ1n) is 6.54. The highest BCUT2D eigenvalue weighted by atomic mass is 35.5. The number of nitro groups is 1. The van der Waals surface area contributed by atoms with Gasteiger partial charge in [0.1, 0.15) is 5.75 Å². The second-order valence-electron chi connectivity index (χ2n) is 4.54. The van der Waals surface area contributed by atoms with Crippen LogP contribution in [0.4, 0.5) is 5.69 Å². The van der Waals surface area contributed by atoms with Crippen LogP contribution in [0.15, 0.2) is 41.5 Å². The molecule has 0 heterocycles. The van der Waals surface area contributed by atoms with E-state index in [1.54, 1.807) is 18.2 Å². The third kappa shape index (κ3) is 3.99. The van der Waals surface area contributed by atoms with E-state index in [4.69, 9.17) is 16.3 Å². The van der Waals surface area contributed by atoms with Crippen molar-refractivity contribution in [3.05, 3.63) is 62.7 Å². The van der Waals surface area contributed by atoms with E-state index in [0.717, 1.165) is 12.3 Å².